The van der Waals surface area contributed by atoms with Crippen molar-refractivity contribution in [2.24, 2.45) is 0 Å². The van der Waals surface area contributed by atoms with Crippen molar-refractivity contribution in [1.82, 2.24) is 0 Å². The molecule has 0 nitrogen and oxygen atoms in total. The number of hydrogen-bond acceptors (Lipinski definition) is 0. The molecule has 0 heterocycles. The van der Waals surface area contributed by atoms with Crippen LogP contribution in [0.4, 0.5) is 0 Å². The first kappa shape index (κ1) is 47.3. The van der Waals surface area contributed by atoms with Gasteiger partial charge in [-0.15, -0.1) is 0 Å². The second-order valence-electron chi connectivity index (χ2n) is 0. The molecule has 0 unspecified atom stereocenters. The quantitative estimate of drug-likeness (QED) is 0.296. The van der Waals surface area contributed by atoms with Gasteiger partial charge in [0.2, 0.25) is 0 Å². The Morgan fingerprint density at radius 2 is 1.00 bits per heavy atom. The van der Waals surface area contributed by atoms with Crippen LogP contribution in [0.5, 0.6) is 0 Å². The topological polar surface area (TPSA) is 0 Å². The molecule has 0 fully saturated rings. The summed E-state index contributed by atoms with van der Waals surface area (Å²) in [5.41, 5.74) is 0. The summed E-state index contributed by atoms with van der Waals surface area (Å²) >= 11 is 0. The number of rotatable bonds is 0. The summed E-state index contributed by atoms with van der Waals surface area (Å²) in [5, 5.41) is 0. The smallest absolute Gasteiger partial charge is 0.0149 e. The van der Waals surface area contributed by atoms with Gasteiger partial charge < -0.3 is 0 Å². The Kier molecular flexibility index (Phi) is 280. The first-order chi connectivity index (χ1) is 0. The molecule has 4 heteroatoms. The van der Waals surface area contributed by atoms with Crippen LogP contribution in [-0.2, 0) is 17.1 Å². The van der Waals surface area contributed by atoms with Crippen LogP contribution < -0.4 is 0 Å². The average Bonchev–Trinajstić information content (AvgIpc) is 0. The number of hydrogen-bond donors (Lipinski definition) is 0. The molecule has 26 valence electrons. The molecule has 4 heavy (non-hydrogen) atoms. The molecule has 0 amide bonds. The molecule has 0 aliphatic rings. The average molecular weight is 128 g/mol. The van der Waals surface area contributed by atoms with Gasteiger partial charge in [0.25, 0.3) is 0 Å². The van der Waals surface area contributed by atoms with Crippen LogP contribution in [0.15, 0.2) is 0 Å². The molecule has 0 atom stereocenters. The van der Waals surface area contributed by atoms with Crippen molar-refractivity contribution in [3.63, 3.8) is 0 Å². The maximum atomic E-state index is 0. The summed E-state index contributed by atoms with van der Waals surface area (Å²) in [4.78, 5) is 0. The first-order valence-electron chi connectivity index (χ1n) is 0. The molecular formula is H9BFeMgSi. The Hall–Kier alpha value is 1.57. The Bertz CT molecular complexity index is 8.00. The standard InChI is InChI=1S/BH3.Fe.Mg.H4Si.2H/h1H3;;;1H4;;. The van der Waals surface area contributed by atoms with E-state index in [9.17, 15) is 0 Å². The van der Waals surface area contributed by atoms with Crippen LogP contribution in [0.25, 0.3) is 0 Å². The van der Waals surface area contributed by atoms with Crippen molar-refractivity contribution in [1.29, 1.82) is 0 Å². The van der Waals surface area contributed by atoms with E-state index < -0.39 is 0 Å². The Labute approximate surface area is 59.3 Å². The normalized spacial score (nSPS) is 0. The van der Waals surface area contributed by atoms with Gasteiger partial charge in [0.05, 0.1) is 8.41 Å². The van der Waals surface area contributed by atoms with Gasteiger partial charge >= 0.3 is 23.1 Å². The van der Waals surface area contributed by atoms with Gasteiger partial charge in [0.15, 0.2) is 0 Å². The van der Waals surface area contributed by atoms with Gasteiger partial charge in [0.1, 0.15) is 0 Å². The van der Waals surface area contributed by atoms with E-state index >= 15 is 0 Å². The summed E-state index contributed by atoms with van der Waals surface area (Å²) in [6.45, 7) is 0. The molecular weight excluding hydrogens is 119 g/mol. The van der Waals surface area contributed by atoms with Crippen LogP contribution in [0.3, 0.4) is 0 Å². The fourth-order valence-corrected chi connectivity index (χ4v) is 0. The molecule has 0 aromatic carbocycles. The van der Waals surface area contributed by atoms with Crippen molar-refractivity contribution < 1.29 is 17.1 Å². The predicted octanol–water partition coefficient (Wildman–Crippen LogP) is -3.55. The Balaban J connectivity index is 0. The molecule has 0 rings (SSSR count). The zero-order chi connectivity index (χ0) is 0. The van der Waals surface area contributed by atoms with Crippen LogP contribution in [0.1, 0.15) is 0 Å². The predicted molar refractivity (Wildman–Crippen MR) is 29.8 cm³/mol. The molecule has 0 bridgehead atoms. The third kappa shape index (κ3) is 9.57. The van der Waals surface area contributed by atoms with Crippen molar-refractivity contribution in [2.75, 3.05) is 0 Å². The van der Waals surface area contributed by atoms with Gasteiger partial charge in [-0.25, -0.2) is 0 Å². The second kappa shape index (κ2) is 23.7. The maximum absolute atomic E-state index is 0. The van der Waals surface area contributed by atoms with E-state index in [1.54, 1.807) is 0 Å². The van der Waals surface area contributed by atoms with Crippen molar-refractivity contribution in [3.8, 4) is 0 Å². The van der Waals surface area contributed by atoms with Crippen LogP contribution in [-0.4, -0.2) is 42.4 Å². The van der Waals surface area contributed by atoms with Gasteiger partial charge in [-0.2, -0.15) is 0 Å². The summed E-state index contributed by atoms with van der Waals surface area (Å²) in [6, 6.07) is 0. The molecule has 0 aliphatic carbocycles. The maximum Gasteiger partial charge on any atom is 0.316 e. The fraction of sp³-hybridized carbons (Fsp3) is 0. The summed E-state index contributed by atoms with van der Waals surface area (Å²) in [7, 11) is 0. The van der Waals surface area contributed by atoms with Crippen molar-refractivity contribution in [3.05, 3.63) is 0 Å². The van der Waals surface area contributed by atoms with Crippen LogP contribution >= 0.6 is 0 Å². The summed E-state index contributed by atoms with van der Waals surface area (Å²) < 4.78 is 0. The Morgan fingerprint density at radius 3 is 1.00 bits per heavy atom. The third-order valence-corrected chi connectivity index (χ3v) is 0. The minimum Gasteiger partial charge on any atom is -0.0149 e. The molecule has 0 saturated heterocycles. The third-order valence-electron chi connectivity index (χ3n) is 0. The van der Waals surface area contributed by atoms with E-state index in [4.69, 9.17) is 0 Å². The van der Waals surface area contributed by atoms with E-state index in [1.807, 2.05) is 0 Å². The molecule has 0 aromatic heterocycles. The van der Waals surface area contributed by atoms with E-state index in [-0.39, 0.29) is 59.5 Å². The monoisotopic (exact) mass is 128 g/mol. The van der Waals surface area contributed by atoms with Crippen LogP contribution in [0, 0.1) is 0 Å². The largest absolute Gasteiger partial charge is 0.316 e. The van der Waals surface area contributed by atoms with Crippen molar-refractivity contribution >= 4 is 42.4 Å². The van der Waals surface area contributed by atoms with Crippen LogP contribution in [0.2, 0.25) is 0 Å². The van der Waals surface area contributed by atoms with Gasteiger partial charge in [-0.1, -0.05) is 0 Å². The van der Waals surface area contributed by atoms with E-state index in [2.05, 4.69) is 0 Å². The van der Waals surface area contributed by atoms with E-state index in [0.717, 1.165) is 0 Å². The SMILES string of the molecule is B.[Fe].[MgH2].[SiH4]. The van der Waals surface area contributed by atoms with Gasteiger partial charge in [-0.3, -0.25) is 0 Å². The summed E-state index contributed by atoms with van der Waals surface area (Å²) in [6.07, 6.45) is 0. The van der Waals surface area contributed by atoms with Crippen molar-refractivity contribution in [2.45, 2.75) is 0 Å². The molecule has 0 N–H and O–H groups in total. The molecule has 0 saturated carbocycles. The van der Waals surface area contributed by atoms with E-state index in [0.29, 0.717) is 0 Å². The Morgan fingerprint density at radius 1 is 1.00 bits per heavy atom. The molecule has 0 spiro atoms. The van der Waals surface area contributed by atoms with Gasteiger partial charge in [-0.05, 0) is 11.0 Å². The zero-order valence-corrected chi connectivity index (χ0v) is 1.46. The molecule has 0 aliphatic heterocycles. The summed E-state index contributed by atoms with van der Waals surface area (Å²) in [5.74, 6) is 0. The van der Waals surface area contributed by atoms with E-state index in [1.165, 1.54) is 0 Å². The first-order valence-corrected chi connectivity index (χ1v) is 0. The zero-order valence-electron chi connectivity index (χ0n) is 0.354. The molecule has 0 aromatic rings. The minimum absolute atomic E-state index is 0. The fourth-order valence-electron chi connectivity index (χ4n) is 0. The molecule has 0 radical (unpaired) electrons. The minimum atomic E-state index is 0. The van der Waals surface area contributed by atoms with Gasteiger partial charge in [0, 0.05) is 17.1 Å². The second-order valence-corrected chi connectivity index (χ2v) is 0.